The van der Waals surface area contributed by atoms with E-state index in [0.29, 0.717) is 11.1 Å². The summed E-state index contributed by atoms with van der Waals surface area (Å²) >= 11 is 14.4. The molecule has 0 heterocycles. The van der Waals surface area contributed by atoms with E-state index in [1.165, 1.54) is 44.4 Å². The lowest BCUT2D eigenvalue weighted by Gasteiger charge is -2.56. The predicted octanol–water partition coefficient (Wildman–Crippen LogP) is 7.95. The second-order valence-electron chi connectivity index (χ2n) is 7.98. The molecule has 0 saturated heterocycles. The van der Waals surface area contributed by atoms with Crippen LogP contribution in [0.25, 0.3) is 0 Å². The SMILES string of the molecule is CCCPC1CC(C(C)CC)(C(C)CC)CC(Cl)(PCCC)C1Cl. The van der Waals surface area contributed by atoms with Crippen molar-refractivity contribution in [2.45, 2.75) is 95.7 Å². The third-order valence-corrected chi connectivity index (χ3v) is 12.1. The van der Waals surface area contributed by atoms with E-state index in [1.807, 2.05) is 0 Å². The molecule has 0 nitrogen and oxygen atoms in total. The standard InChI is InChI=1S/C20H40Cl2P2/c1-7-11-23-17-13-19(15(5)9-3,16(6)10-4)14-20(22,18(17)21)24-12-8-2/h15-18,23-24H,7-14H2,1-6H3. The largest absolute Gasteiger partial charge is 0.120 e. The fourth-order valence-electron chi connectivity index (χ4n) is 4.53. The number of hydrogen-bond donors (Lipinski definition) is 0. The van der Waals surface area contributed by atoms with E-state index in [-0.39, 0.29) is 9.99 Å². The minimum atomic E-state index is -0.173. The minimum absolute atomic E-state index is 0.162. The summed E-state index contributed by atoms with van der Waals surface area (Å²) in [4.78, 5) is 0. The second kappa shape index (κ2) is 10.7. The van der Waals surface area contributed by atoms with Gasteiger partial charge in [0.2, 0.25) is 0 Å². The molecule has 0 radical (unpaired) electrons. The highest BCUT2D eigenvalue weighted by molar-refractivity contribution is 7.43. The summed E-state index contributed by atoms with van der Waals surface area (Å²) in [6, 6.07) is 0. The second-order valence-corrected chi connectivity index (χ2v) is 12.8. The van der Waals surface area contributed by atoms with Crippen molar-refractivity contribution in [2.24, 2.45) is 17.3 Å². The molecule has 0 aliphatic heterocycles. The molecule has 0 aromatic heterocycles. The van der Waals surface area contributed by atoms with Crippen LogP contribution >= 0.6 is 40.4 Å². The fourth-order valence-corrected chi connectivity index (χ4v) is 9.34. The van der Waals surface area contributed by atoms with Crippen molar-refractivity contribution < 1.29 is 0 Å². The first-order valence-electron chi connectivity index (χ1n) is 10.1. The molecule has 4 heteroatoms. The zero-order valence-corrected chi connectivity index (χ0v) is 20.2. The molecule has 0 spiro atoms. The van der Waals surface area contributed by atoms with Gasteiger partial charge >= 0.3 is 0 Å². The van der Waals surface area contributed by atoms with Gasteiger partial charge in [-0.3, -0.25) is 0 Å². The Morgan fingerprint density at radius 1 is 1.00 bits per heavy atom. The van der Waals surface area contributed by atoms with Crippen LogP contribution in [-0.2, 0) is 0 Å². The van der Waals surface area contributed by atoms with Crippen LogP contribution in [0.1, 0.15) is 80.1 Å². The Kier molecular flexibility index (Phi) is 10.5. The molecule has 0 amide bonds. The van der Waals surface area contributed by atoms with Gasteiger partial charge in [-0.2, -0.15) is 0 Å². The maximum Gasteiger partial charge on any atom is 0.0786 e. The van der Waals surface area contributed by atoms with Gasteiger partial charge in [0.1, 0.15) is 0 Å². The third kappa shape index (κ3) is 5.24. The summed E-state index contributed by atoms with van der Waals surface area (Å²) in [5.41, 5.74) is 0.994. The first-order valence-corrected chi connectivity index (χ1v) is 13.4. The lowest BCUT2D eigenvalue weighted by molar-refractivity contribution is 0.0363. The van der Waals surface area contributed by atoms with Crippen molar-refractivity contribution in [3.8, 4) is 0 Å². The van der Waals surface area contributed by atoms with E-state index >= 15 is 0 Å². The summed E-state index contributed by atoms with van der Waals surface area (Å²) in [6.07, 6.45) is 9.97. The highest BCUT2D eigenvalue weighted by Gasteiger charge is 2.55. The van der Waals surface area contributed by atoms with Gasteiger partial charge in [0.05, 0.1) is 9.99 Å². The highest BCUT2D eigenvalue weighted by Crippen LogP contribution is 2.63. The molecule has 1 aliphatic carbocycles. The molecule has 0 N–H and O–H groups in total. The molecule has 1 saturated carbocycles. The van der Waals surface area contributed by atoms with Crippen LogP contribution in [0.5, 0.6) is 0 Å². The van der Waals surface area contributed by atoms with Crippen LogP contribution < -0.4 is 0 Å². The Balaban J connectivity index is 3.22. The van der Waals surface area contributed by atoms with E-state index in [1.54, 1.807) is 0 Å². The number of halogens is 2. The lowest BCUT2D eigenvalue weighted by atomic mass is 9.58. The summed E-state index contributed by atoms with van der Waals surface area (Å²) in [7, 11) is 1.78. The molecule has 7 unspecified atom stereocenters. The first-order chi connectivity index (χ1) is 11.3. The summed E-state index contributed by atoms with van der Waals surface area (Å²) in [5, 5.41) is 0.162. The van der Waals surface area contributed by atoms with Crippen LogP contribution in [0.4, 0.5) is 0 Å². The maximum absolute atomic E-state index is 7.35. The number of hydrogen-bond acceptors (Lipinski definition) is 0. The van der Waals surface area contributed by atoms with Gasteiger partial charge in [-0.15, -0.1) is 31.8 Å². The summed E-state index contributed by atoms with van der Waals surface area (Å²) < 4.78 is -0.173. The topological polar surface area (TPSA) is 0 Å². The van der Waals surface area contributed by atoms with Crippen LogP contribution in [0.2, 0.25) is 0 Å². The Morgan fingerprint density at radius 2 is 1.54 bits per heavy atom. The molecular weight excluding hydrogens is 373 g/mol. The minimum Gasteiger partial charge on any atom is -0.120 e. The van der Waals surface area contributed by atoms with Crippen LogP contribution in [-0.4, -0.2) is 28.0 Å². The number of alkyl halides is 2. The van der Waals surface area contributed by atoms with Crippen molar-refractivity contribution in [1.29, 1.82) is 0 Å². The maximum atomic E-state index is 7.35. The van der Waals surface area contributed by atoms with Crippen molar-refractivity contribution in [3.63, 3.8) is 0 Å². The predicted molar refractivity (Wildman–Crippen MR) is 120 cm³/mol. The molecule has 1 rings (SSSR count). The third-order valence-electron chi connectivity index (χ3n) is 6.49. The van der Waals surface area contributed by atoms with Gasteiger partial charge in [-0.1, -0.05) is 75.8 Å². The van der Waals surface area contributed by atoms with E-state index in [0.717, 1.165) is 35.4 Å². The van der Waals surface area contributed by atoms with Gasteiger partial charge in [0.25, 0.3) is 0 Å². The van der Waals surface area contributed by atoms with E-state index in [4.69, 9.17) is 23.2 Å². The molecule has 0 bridgehead atoms. The first kappa shape index (κ1) is 23.5. The van der Waals surface area contributed by atoms with Crippen molar-refractivity contribution in [1.82, 2.24) is 0 Å². The van der Waals surface area contributed by atoms with Crippen LogP contribution in [0.3, 0.4) is 0 Å². The molecule has 0 aromatic carbocycles. The van der Waals surface area contributed by atoms with Gasteiger partial charge < -0.3 is 0 Å². The average molecular weight is 413 g/mol. The molecule has 0 aromatic rings. The van der Waals surface area contributed by atoms with Crippen molar-refractivity contribution in [3.05, 3.63) is 0 Å². The van der Waals surface area contributed by atoms with Crippen LogP contribution in [0.15, 0.2) is 0 Å². The van der Waals surface area contributed by atoms with Crippen LogP contribution in [0, 0.1) is 17.3 Å². The van der Waals surface area contributed by atoms with E-state index in [2.05, 4.69) is 41.5 Å². The normalized spacial score (nSPS) is 37.5. The molecule has 1 aliphatic rings. The molecule has 24 heavy (non-hydrogen) atoms. The number of rotatable bonds is 10. The molecule has 144 valence electrons. The molecular formula is C20H40Cl2P2. The van der Waals surface area contributed by atoms with Crippen molar-refractivity contribution >= 4 is 40.4 Å². The average Bonchev–Trinajstić information content (AvgIpc) is 2.59. The smallest absolute Gasteiger partial charge is 0.0786 e. The van der Waals surface area contributed by atoms with Gasteiger partial charge in [-0.05, 0) is 48.1 Å². The van der Waals surface area contributed by atoms with Gasteiger partial charge in [-0.25, -0.2) is 0 Å². The van der Waals surface area contributed by atoms with Gasteiger partial charge in [0, 0.05) is 0 Å². The Labute approximate surface area is 165 Å². The Hall–Kier alpha value is 1.44. The van der Waals surface area contributed by atoms with Crippen molar-refractivity contribution in [2.75, 3.05) is 12.3 Å². The summed E-state index contributed by atoms with van der Waals surface area (Å²) in [6.45, 7) is 14.2. The Morgan fingerprint density at radius 3 is 2.00 bits per heavy atom. The quantitative estimate of drug-likeness (QED) is 0.252. The fraction of sp³-hybridized carbons (Fsp3) is 1.00. The monoisotopic (exact) mass is 412 g/mol. The molecule has 1 fully saturated rings. The summed E-state index contributed by atoms with van der Waals surface area (Å²) in [5.74, 6) is 1.46. The zero-order valence-electron chi connectivity index (χ0n) is 16.7. The zero-order chi connectivity index (χ0) is 18.4. The molecule has 7 atom stereocenters. The highest BCUT2D eigenvalue weighted by atomic mass is 35.5. The lowest BCUT2D eigenvalue weighted by Crippen LogP contribution is -2.53. The van der Waals surface area contributed by atoms with E-state index < -0.39 is 0 Å². The Bertz CT molecular complexity index is 354. The van der Waals surface area contributed by atoms with Gasteiger partial charge in [0.15, 0.2) is 0 Å². The van der Waals surface area contributed by atoms with E-state index in [9.17, 15) is 0 Å².